The fraction of sp³-hybridized carbons (Fsp3) is 0.487. The van der Waals surface area contributed by atoms with E-state index in [1.807, 2.05) is 57.2 Å². The molecule has 2 atom stereocenters. The summed E-state index contributed by atoms with van der Waals surface area (Å²) in [6, 6.07) is 19.6. The van der Waals surface area contributed by atoms with Gasteiger partial charge in [-0.1, -0.05) is 47.5 Å². The van der Waals surface area contributed by atoms with Gasteiger partial charge in [-0.3, -0.25) is 14.8 Å². The Kier molecular flexibility index (Phi) is 12.1. The van der Waals surface area contributed by atoms with E-state index < -0.39 is 30.9 Å². The smallest absolute Gasteiger partial charge is 0.326 e. The quantitative estimate of drug-likeness (QED) is 0.210. The van der Waals surface area contributed by atoms with Gasteiger partial charge in [0.15, 0.2) is 0 Å². The highest BCUT2D eigenvalue weighted by atomic mass is 35.5. The number of piperazine rings is 1. The lowest BCUT2D eigenvalue weighted by Crippen LogP contribution is -2.61. The van der Waals surface area contributed by atoms with Crippen molar-refractivity contribution in [1.29, 1.82) is 0 Å². The summed E-state index contributed by atoms with van der Waals surface area (Å²) in [6.45, 7) is 9.67. The second-order valence-electron chi connectivity index (χ2n) is 14.7. The van der Waals surface area contributed by atoms with Crippen molar-refractivity contribution in [3.8, 4) is 5.75 Å². The van der Waals surface area contributed by atoms with Crippen molar-refractivity contribution in [3.63, 3.8) is 0 Å². The number of carbonyl (C=O) groups excluding carboxylic acids is 1. The van der Waals surface area contributed by atoms with Gasteiger partial charge in [0.2, 0.25) is 10.0 Å². The van der Waals surface area contributed by atoms with Crippen LogP contribution in [-0.4, -0.2) is 118 Å². The number of benzene rings is 3. The Morgan fingerprint density at radius 2 is 1.46 bits per heavy atom. The zero-order chi connectivity index (χ0) is 38.9. The number of nitrogens with zero attached hydrogens (tertiary/aromatic N) is 5. The van der Waals surface area contributed by atoms with Crippen LogP contribution in [0.1, 0.15) is 56.7 Å². The molecule has 0 aliphatic carbocycles. The minimum Gasteiger partial charge on any atom is -0.493 e. The molecule has 0 spiro atoms. The number of carbonyl (C=O) groups is 1. The first-order valence-electron chi connectivity index (χ1n) is 18.4. The Hall–Kier alpha value is -3.20. The molecule has 3 aromatic rings. The highest BCUT2D eigenvalue weighted by molar-refractivity contribution is 7.90. The molecule has 3 aliphatic heterocycles. The van der Waals surface area contributed by atoms with Gasteiger partial charge in [-0.15, -0.1) is 0 Å². The number of hydrogen-bond acceptors (Lipinski definition) is 8. The van der Waals surface area contributed by atoms with E-state index in [1.165, 1.54) is 10.6 Å². The van der Waals surface area contributed by atoms with Gasteiger partial charge in [0.05, 0.1) is 33.9 Å². The molecule has 0 saturated carbocycles. The van der Waals surface area contributed by atoms with E-state index in [9.17, 15) is 16.8 Å². The minimum atomic E-state index is -3.83. The topological polar surface area (TPSA) is 120 Å². The lowest BCUT2D eigenvalue weighted by atomic mass is 9.71. The van der Waals surface area contributed by atoms with Crippen molar-refractivity contribution in [2.45, 2.75) is 62.4 Å². The molecule has 6 rings (SSSR count). The molecule has 54 heavy (non-hydrogen) atoms. The fourth-order valence-electron chi connectivity index (χ4n) is 7.79. The highest BCUT2D eigenvalue weighted by Gasteiger charge is 2.59. The van der Waals surface area contributed by atoms with Crippen molar-refractivity contribution in [2.24, 2.45) is 4.99 Å². The number of aliphatic imine (C=N–C) groups is 1. The van der Waals surface area contributed by atoms with E-state index in [1.54, 1.807) is 40.1 Å². The molecule has 3 aliphatic rings. The summed E-state index contributed by atoms with van der Waals surface area (Å²) in [5.74, 6) is 0.839. The summed E-state index contributed by atoms with van der Waals surface area (Å²) >= 11 is 12.7. The van der Waals surface area contributed by atoms with Crippen molar-refractivity contribution in [3.05, 3.63) is 93.5 Å². The van der Waals surface area contributed by atoms with Gasteiger partial charge in [0.25, 0.3) is 0 Å². The summed E-state index contributed by atoms with van der Waals surface area (Å²) < 4.78 is 59.1. The van der Waals surface area contributed by atoms with E-state index in [-0.39, 0.29) is 16.7 Å². The zero-order valence-corrected chi connectivity index (χ0v) is 34.4. The van der Waals surface area contributed by atoms with Gasteiger partial charge >= 0.3 is 6.03 Å². The maximum absolute atomic E-state index is 15.3. The van der Waals surface area contributed by atoms with Crippen LogP contribution in [0.25, 0.3) is 0 Å². The van der Waals surface area contributed by atoms with Gasteiger partial charge in [0, 0.05) is 62.0 Å². The maximum atomic E-state index is 15.3. The Labute approximate surface area is 329 Å². The Bertz CT molecular complexity index is 2090. The normalized spacial score (nSPS) is 22.8. The molecule has 2 fully saturated rings. The Balaban J connectivity index is 1.49. The SMILES string of the molecule is CCOc1ccc(S(=O)(=O)N2CCCC2)cc1C1=N[C@@](C)(Cc2ccc(Cl)cc2)[C@@](C)(c2ccc(Cl)cc2)N1C(=O)N1CCN(CCCS(C)(=O)=O)CC1. The molecule has 0 unspecified atom stereocenters. The van der Waals surface area contributed by atoms with Crippen LogP contribution >= 0.6 is 23.2 Å². The molecule has 0 bridgehead atoms. The number of amidine groups is 1. The first-order valence-corrected chi connectivity index (χ1v) is 22.7. The second kappa shape index (κ2) is 16.1. The predicted octanol–water partition coefficient (Wildman–Crippen LogP) is 6.33. The predicted molar refractivity (Wildman–Crippen MR) is 214 cm³/mol. The van der Waals surface area contributed by atoms with E-state index in [0.717, 1.165) is 24.0 Å². The van der Waals surface area contributed by atoms with Crippen LogP contribution in [0.15, 0.2) is 76.6 Å². The van der Waals surface area contributed by atoms with Crippen molar-refractivity contribution < 1.29 is 26.4 Å². The minimum absolute atomic E-state index is 0.111. The lowest BCUT2D eigenvalue weighted by Gasteiger charge is -2.47. The van der Waals surface area contributed by atoms with Gasteiger partial charge in [-0.25, -0.2) is 21.6 Å². The standard InChI is InChI=1S/C39H49Cl2N5O6S2/c1-5-52-35-18-17-33(54(50,51)45-20-6-7-21-45)27-34(35)36-42-38(2,28-29-9-13-31(40)14-10-29)39(3,30-11-15-32(41)16-12-30)46(36)37(47)44-24-22-43(23-25-44)19-8-26-53(4,48)49/h9-18,27H,5-8,19-26,28H2,1-4H3/t38-,39+/m0/s1. The Morgan fingerprint density at radius 3 is 2.06 bits per heavy atom. The van der Waals surface area contributed by atoms with Crippen LogP contribution in [0.3, 0.4) is 0 Å². The first-order chi connectivity index (χ1) is 25.6. The molecule has 15 heteroatoms. The molecule has 2 saturated heterocycles. The van der Waals surface area contributed by atoms with E-state index in [4.69, 9.17) is 32.9 Å². The summed E-state index contributed by atoms with van der Waals surface area (Å²) in [4.78, 5) is 26.6. The van der Waals surface area contributed by atoms with Gasteiger partial charge in [0.1, 0.15) is 21.4 Å². The van der Waals surface area contributed by atoms with Gasteiger partial charge < -0.3 is 9.64 Å². The number of rotatable bonds is 12. The van der Waals surface area contributed by atoms with Crippen LogP contribution in [0, 0.1) is 0 Å². The third-order valence-corrected chi connectivity index (χ3v) is 14.4. The number of urea groups is 1. The average Bonchev–Trinajstić information content (AvgIpc) is 3.76. The molecular formula is C39H49Cl2N5O6S2. The molecular weight excluding hydrogens is 769 g/mol. The number of halogens is 2. The fourth-order valence-corrected chi connectivity index (χ4v) is 10.2. The average molecular weight is 819 g/mol. The molecule has 3 heterocycles. The van der Waals surface area contributed by atoms with E-state index in [0.29, 0.717) is 92.5 Å². The zero-order valence-electron chi connectivity index (χ0n) is 31.3. The van der Waals surface area contributed by atoms with Gasteiger partial charge in [-0.05, 0) is 100 Å². The number of amides is 2. The third-order valence-electron chi connectivity index (χ3n) is 10.9. The molecule has 2 amide bonds. The van der Waals surface area contributed by atoms with Crippen LogP contribution in [0.5, 0.6) is 5.75 Å². The van der Waals surface area contributed by atoms with Crippen molar-refractivity contribution >= 4 is 54.9 Å². The molecule has 0 N–H and O–H groups in total. The largest absolute Gasteiger partial charge is 0.493 e. The van der Waals surface area contributed by atoms with E-state index in [2.05, 4.69) is 4.90 Å². The van der Waals surface area contributed by atoms with Crippen LogP contribution in [-0.2, 0) is 31.8 Å². The molecule has 3 aromatic carbocycles. The van der Waals surface area contributed by atoms with Crippen LogP contribution in [0.4, 0.5) is 4.79 Å². The number of sulfone groups is 1. The first kappa shape index (κ1) is 40.5. The monoisotopic (exact) mass is 817 g/mol. The van der Waals surface area contributed by atoms with Crippen LogP contribution < -0.4 is 4.74 Å². The summed E-state index contributed by atoms with van der Waals surface area (Å²) in [6.07, 6.45) is 3.77. The van der Waals surface area contributed by atoms with Crippen LogP contribution in [0.2, 0.25) is 10.0 Å². The molecule has 292 valence electrons. The van der Waals surface area contributed by atoms with E-state index >= 15 is 4.79 Å². The molecule has 11 nitrogen and oxygen atoms in total. The maximum Gasteiger partial charge on any atom is 0.326 e. The molecule has 0 radical (unpaired) electrons. The number of ether oxygens (including phenoxy) is 1. The van der Waals surface area contributed by atoms with Gasteiger partial charge in [-0.2, -0.15) is 4.31 Å². The van der Waals surface area contributed by atoms with Crippen molar-refractivity contribution in [2.75, 3.05) is 64.4 Å². The number of hydrogen-bond donors (Lipinski definition) is 0. The summed E-state index contributed by atoms with van der Waals surface area (Å²) in [5, 5.41) is 1.15. The summed E-state index contributed by atoms with van der Waals surface area (Å²) in [5.41, 5.74) is 0.0699. The lowest BCUT2D eigenvalue weighted by molar-refractivity contribution is 0.0872. The second-order valence-corrected chi connectivity index (χ2v) is 19.8. The van der Waals surface area contributed by atoms with Crippen molar-refractivity contribution in [1.82, 2.24) is 19.0 Å². The number of sulfonamides is 1. The molecule has 0 aromatic heterocycles. The third kappa shape index (κ3) is 8.31. The summed E-state index contributed by atoms with van der Waals surface area (Å²) in [7, 11) is -6.90. The highest BCUT2D eigenvalue weighted by Crippen LogP contribution is 2.50. The Morgan fingerprint density at radius 1 is 0.852 bits per heavy atom.